The van der Waals surface area contributed by atoms with Crippen molar-refractivity contribution >= 4 is 57.5 Å². The van der Waals surface area contributed by atoms with Gasteiger partial charge in [-0.05, 0) is 36.6 Å². The van der Waals surface area contributed by atoms with Crippen molar-refractivity contribution in [1.29, 1.82) is 0 Å². The van der Waals surface area contributed by atoms with Gasteiger partial charge in [0, 0.05) is 4.90 Å². The molecule has 3 rings (SSSR count). The first kappa shape index (κ1) is 18.9. The number of benzene rings is 1. The van der Waals surface area contributed by atoms with E-state index < -0.39 is 23.9 Å². The third kappa shape index (κ3) is 4.29. The Morgan fingerprint density at radius 3 is 2.81 bits per heavy atom. The molecule has 0 saturated carbocycles. The number of rotatable bonds is 5. The van der Waals surface area contributed by atoms with Crippen molar-refractivity contribution < 1.29 is 23.9 Å². The third-order valence-electron chi connectivity index (χ3n) is 3.67. The van der Waals surface area contributed by atoms with Gasteiger partial charge < -0.3 is 21.1 Å². The van der Waals surface area contributed by atoms with Crippen LogP contribution in [-0.2, 0) is 14.3 Å². The van der Waals surface area contributed by atoms with Gasteiger partial charge in [-0.25, -0.2) is 4.79 Å². The lowest BCUT2D eigenvalue weighted by Crippen LogP contribution is -2.30. The lowest BCUT2D eigenvalue weighted by atomic mass is 10.2. The first-order valence-electron chi connectivity index (χ1n) is 7.81. The number of primary amides is 1. The minimum atomic E-state index is -1.10. The van der Waals surface area contributed by atoms with Crippen LogP contribution in [0.25, 0.3) is 0 Å². The van der Waals surface area contributed by atoms with E-state index in [-0.39, 0.29) is 17.0 Å². The first-order valence-corrected chi connectivity index (χ1v) is 9.67. The van der Waals surface area contributed by atoms with Crippen molar-refractivity contribution in [2.24, 2.45) is 5.73 Å². The first-order chi connectivity index (χ1) is 12.8. The third-order valence-corrected chi connectivity index (χ3v) is 5.57. The van der Waals surface area contributed by atoms with Crippen molar-refractivity contribution in [3.8, 4) is 0 Å². The number of fused-ring (bicyclic) bond motifs is 1. The minimum absolute atomic E-state index is 0.146. The highest BCUT2D eigenvalue weighted by Crippen LogP contribution is 2.32. The Morgan fingerprint density at radius 2 is 2.07 bits per heavy atom. The molecule has 27 heavy (non-hydrogen) atoms. The van der Waals surface area contributed by atoms with E-state index in [9.17, 15) is 19.2 Å². The average Bonchev–Trinajstić information content (AvgIpc) is 3.09. The Bertz CT molecular complexity index is 940. The van der Waals surface area contributed by atoms with Crippen LogP contribution in [0.4, 0.5) is 10.7 Å². The van der Waals surface area contributed by atoms with Gasteiger partial charge in [0.2, 0.25) is 5.91 Å². The smallest absolute Gasteiger partial charge is 0.338 e. The van der Waals surface area contributed by atoms with E-state index in [1.807, 2.05) is 0 Å². The van der Waals surface area contributed by atoms with Crippen LogP contribution < -0.4 is 16.4 Å². The van der Waals surface area contributed by atoms with Gasteiger partial charge in [-0.1, -0.05) is 0 Å². The number of hydrogen-bond acceptors (Lipinski definition) is 7. The molecule has 0 fully saturated rings. The maximum absolute atomic E-state index is 12.3. The van der Waals surface area contributed by atoms with Crippen molar-refractivity contribution in [3.05, 3.63) is 40.8 Å². The molecule has 0 radical (unpaired) electrons. The molecule has 1 aromatic carbocycles. The van der Waals surface area contributed by atoms with E-state index in [0.29, 0.717) is 16.4 Å². The molecule has 0 spiro atoms. The summed E-state index contributed by atoms with van der Waals surface area (Å²) in [5.74, 6) is -1.77. The number of thiophene rings is 1. The number of anilines is 2. The van der Waals surface area contributed by atoms with Crippen LogP contribution in [0.1, 0.15) is 27.6 Å². The molecule has 0 bridgehead atoms. The lowest BCUT2D eigenvalue weighted by molar-refractivity contribution is -0.123. The second kappa shape index (κ2) is 7.80. The molecule has 1 aliphatic heterocycles. The Labute approximate surface area is 162 Å². The molecule has 0 aliphatic carbocycles. The zero-order valence-corrected chi connectivity index (χ0v) is 15.7. The molecule has 10 heteroatoms. The molecule has 2 aromatic rings. The van der Waals surface area contributed by atoms with E-state index in [4.69, 9.17) is 10.5 Å². The summed E-state index contributed by atoms with van der Waals surface area (Å²) in [7, 11) is 0. The number of nitrogens with one attached hydrogen (secondary N) is 2. The van der Waals surface area contributed by atoms with Gasteiger partial charge in [-0.3, -0.25) is 14.4 Å². The normalized spacial score (nSPS) is 13.9. The van der Waals surface area contributed by atoms with Crippen LogP contribution in [0.15, 0.2) is 34.5 Å². The summed E-state index contributed by atoms with van der Waals surface area (Å²) >= 11 is 2.52. The number of amides is 3. The molecule has 8 nitrogen and oxygen atoms in total. The number of nitrogens with two attached hydrogens (primary N) is 1. The zero-order chi connectivity index (χ0) is 19.6. The van der Waals surface area contributed by atoms with Crippen LogP contribution >= 0.6 is 23.1 Å². The number of hydrogen-bond donors (Lipinski definition) is 3. The second-order valence-corrected chi connectivity index (χ2v) is 7.55. The fourth-order valence-electron chi connectivity index (χ4n) is 2.31. The standard InChI is InChI=1S/C17H15N3O5S2/c1-8(15(23)20-16-10(14(18)22)4-5-26-16)25-17(24)9-2-3-12-11(6-9)19-13(21)7-27-12/h2-6,8H,7H2,1H3,(H2,18,22)(H,19,21)(H,20,23). The topological polar surface area (TPSA) is 128 Å². The summed E-state index contributed by atoms with van der Waals surface area (Å²) in [4.78, 5) is 48.2. The molecule has 140 valence electrons. The van der Waals surface area contributed by atoms with Gasteiger partial charge in [-0.2, -0.15) is 0 Å². The molecule has 2 heterocycles. The fourth-order valence-corrected chi connectivity index (χ4v) is 3.89. The maximum atomic E-state index is 12.3. The Balaban J connectivity index is 1.66. The van der Waals surface area contributed by atoms with Gasteiger partial charge in [0.15, 0.2) is 6.10 Å². The van der Waals surface area contributed by atoms with Crippen molar-refractivity contribution in [2.45, 2.75) is 17.9 Å². The molecule has 1 aliphatic rings. The SMILES string of the molecule is CC(OC(=O)c1ccc2c(c1)NC(=O)CS2)C(=O)Nc1sccc1C(N)=O. The minimum Gasteiger partial charge on any atom is -0.449 e. The molecule has 0 saturated heterocycles. The summed E-state index contributed by atoms with van der Waals surface area (Å²) in [6, 6.07) is 6.29. The van der Waals surface area contributed by atoms with Gasteiger partial charge in [0.1, 0.15) is 5.00 Å². The summed E-state index contributed by atoms with van der Waals surface area (Å²) < 4.78 is 5.18. The van der Waals surface area contributed by atoms with Crippen LogP contribution in [0.5, 0.6) is 0 Å². The van der Waals surface area contributed by atoms with Crippen LogP contribution in [0.3, 0.4) is 0 Å². The highest BCUT2D eigenvalue weighted by atomic mass is 32.2. The zero-order valence-electron chi connectivity index (χ0n) is 14.1. The van der Waals surface area contributed by atoms with E-state index in [0.717, 1.165) is 16.2 Å². The Morgan fingerprint density at radius 1 is 1.30 bits per heavy atom. The molecule has 4 N–H and O–H groups in total. The highest BCUT2D eigenvalue weighted by molar-refractivity contribution is 8.00. The lowest BCUT2D eigenvalue weighted by Gasteiger charge is -2.17. The molecule has 1 unspecified atom stereocenters. The molecule has 1 atom stereocenters. The average molecular weight is 405 g/mol. The number of thioether (sulfide) groups is 1. The van der Waals surface area contributed by atoms with Crippen LogP contribution in [-0.4, -0.2) is 35.5 Å². The number of carbonyl (C=O) groups is 4. The molecule has 1 aromatic heterocycles. The van der Waals surface area contributed by atoms with Crippen molar-refractivity contribution in [3.63, 3.8) is 0 Å². The summed E-state index contributed by atoms with van der Waals surface area (Å²) in [6.07, 6.45) is -1.10. The van der Waals surface area contributed by atoms with E-state index in [1.54, 1.807) is 17.5 Å². The largest absolute Gasteiger partial charge is 0.449 e. The van der Waals surface area contributed by atoms with E-state index >= 15 is 0 Å². The molecular weight excluding hydrogens is 390 g/mol. The predicted molar refractivity (Wildman–Crippen MR) is 102 cm³/mol. The van der Waals surface area contributed by atoms with Gasteiger partial charge in [0.05, 0.1) is 22.6 Å². The van der Waals surface area contributed by atoms with E-state index in [2.05, 4.69) is 10.6 Å². The summed E-state index contributed by atoms with van der Waals surface area (Å²) in [5.41, 5.74) is 6.17. The molecule has 3 amide bonds. The van der Waals surface area contributed by atoms with E-state index in [1.165, 1.54) is 30.8 Å². The number of carbonyl (C=O) groups excluding carboxylic acids is 4. The quantitative estimate of drug-likeness (QED) is 0.654. The van der Waals surface area contributed by atoms with Gasteiger partial charge in [0.25, 0.3) is 11.8 Å². The number of esters is 1. The monoisotopic (exact) mass is 405 g/mol. The van der Waals surface area contributed by atoms with Gasteiger partial charge >= 0.3 is 5.97 Å². The van der Waals surface area contributed by atoms with Crippen molar-refractivity contribution in [2.75, 3.05) is 16.4 Å². The predicted octanol–water partition coefficient (Wildman–Crippen LogP) is 2.08. The van der Waals surface area contributed by atoms with Gasteiger partial charge in [-0.15, -0.1) is 23.1 Å². The molecular formula is C17H15N3O5S2. The summed E-state index contributed by atoms with van der Waals surface area (Å²) in [6.45, 7) is 1.42. The van der Waals surface area contributed by atoms with Crippen LogP contribution in [0, 0.1) is 0 Å². The Hall–Kier alpha value is -2.85. The second-order valence-electron chi connectivity index (χ2n) is 5.61. The fraction of sp³-hybridized carbons (Fsp3) is 0.176. The van der Waals surface area contributed by atoms with Crippen molar-refractivity contribution in [1.82, 2.24) is 0 Å². The number of ether oxygens (including phenoxy) is 1. The Kier molecular flexibility index (Phi) is 5.47. The van der Waals surface area contributed by atoms with Crippen LogP contribution in [0.2, 0.25) is 0 Å². The highest BCUT2D eigenvalue weighted by Gasteiger charge is 2.23. The maximum Gasteiger partial charge on any atom is 0.338 e. The summed E-state index contributed by atoms with van der Waals surface area (Å²) in [5, 5.41) is 7.13.